The normalized spacial score (nSPS) is 13.2. The van der Waals surface area contributed by atoms with Gasteiger partial charge in [-0.25, -0.2) is 9.97 Å². The van der Waals surface area contributed by atoms with Crippen LogP contribution in [-0.4, -0.2) is 33.6 Å². The molecule has 0 aliphatic heterocycles. The molecule has 1 atom stereocenters. The average molecular weight is 258 g/mol. The number of amides is 1. The molecule has 1 unspecified atom stereocenters. The first kappa shape index (κ1) is 13.9. The SMILES string of the molecule is CC(C)(C)C(O)CNC(=O)c1ncncc1Cl. The summed E-state index contributed by atoms with van der Waals surface area (Å²) in [6, 6.07) is 0. The molecule has 0 fully saturated rings. The molecule has 0 aliphatic carbocycles. The van der Waals surface area contributed by atoms with E-state index in [-0.39, 0.29) is 22.7 Å². The summed E-state index contributed by atoms with van der Waals surface area (Å²) in [6.45, 7) is 5.83. The van der Waals surface area contributed by atoms with E-state index in [4.69, 9.17) is 11.6 Å². The zero-order chi connectivity index (χ0) is 13.1. The Morgan fingerprint density at radius 1 is 1.59 bits per heavy atom. The van der Waals surface area contributed by atoms with Gasteiger partial charge in [0.05, 0.1) is 11.1 Å². The number of hydrogen-bond acceptors (Lipinski definition) is 4. The Bertz CT molecular complexity index is 404. The zero-order valence-electron chi connectivity index (χ0n) is 10.1. The fraction of sp³-hybridized carbons (Fsp3) is 0.545. The van der Waals surface area contributed by atoms with Gasteiger partial charge in [0.1, 0.15) is 12.0 Å². The molecule has 0 spiro atoms. The quantitative estimate of drug-likeness (QED) is 0.855. The Hall–Kier alpha value is -1.20. The minimum atomic E-state index is -0.632. The van der Waals surface area contributed by atoms with Crippen LogP contribution < -0.4 is 5.32 Å². The Morgan fingerprint density at radius 3 is 2.76 bits per heavy atom. The summed E-state index contributed by atoms with van der Waals surface area (Å²) in [5, 5.41) is 12.5. The summed E-state index contributed by atoms with van der Waals surface area (Å²) in [5.41, 5.74) is -0.175. The number of carbonyl (C=O) groups is 1. The minimum Gasteiger partial charge on any atom is -0.391 e. The molecule has 0 saturated heterocycles. The molecule has 2 N–H and O–H groups in total. The fourth-order valence-electron chi connectivity index (χ4n) is 1.06. The van der Waals surface area contributed by atoms with E-state index in [0.717, 1.165) is 0 Å². The summed E-state index contributed by atoms with van der Waals surface area (Å²) in [5.74, 6) is -0.416. The van der Waals surface area contributed by atoms with Gasteiger partial charge in [0.2, 0.25) is 0 Å². The van der Waals surface area contributed by atoms with Crippen LogP contribution in [0.1, 0.15) is 31.3 Å². The van der Waals surface area contributed by atoms with E-state index in [1.807, 2.05) is 20.8 Å². The van der Waals surface area contributed by atoms with Crippen molar-refractivity contribution >= 4 is 17.5 Å². The maximum Gasteiger partial charge on any atom is 0.271 e. The molecule has 1 rings (SSSR count). The van der Waals surface area contributed by atoms with Gasteiger partial charge in [-0.05, 0) is 5.41 Å². The van der Waals surface area contributed by atoms with Crippen molar-refractivity contribution in [2.45, 2.75) is 26.9 Å². The Balaban J connectivity index is 2.60. The molecule has 0 radical (unpaired) electrons. The molecule has 1 aromatic heterocycles. The molecule has 0 saturated carbocycles. The van der Waals surface area contributed by atoms with Crippen LogP contribution in [0.25, 0.3) is 0 Å². The van der Waals surface area contributed by atoms with Crippen molar-refractivity contribution in [3.63, 3.8) is 0 Å². The van der Waals surface area contributed by atoms with E-state index in [2.05, 4.69) is 15.3 Å². The van der Waals surface area contributed by atoms with Crippen LogP contribution in [0.15, 0.2) is 12.5 Å². The predicted octanol–water partition coefficient (Wildman–Crippen LogP) is 1.27. The number of hydrogen-bond donors (Lipinski definition) is 2. The van der Waals surface area contributed by atoms with Crippen molar-refractivity contribution in [3.8, 4) is 0 Å². The van der Waals surface area contributed by atoms with E-state index in [9.17, 15) is 9.90 Å². The molecule has 1 heterocycles. The van der Waals surface area contributed by atoms with Crippen molar-refractivity contribution in [2.24, 2.45) is 5.41 Å². The van der Waals surface area contributed by atoms with E-state index < -0.39 is 12.0 Å². The summed E-state index contributed by atoms with van der Waals surface area (Å²) in [6.07, 6.45) is 1.97. The fourth-order valence-corrected chi connectivity index (χ4v) is 1.25. The van der Waals surface area contributed by atoms with Gasteiger partial charge in [0.25, 0.3) is 5.91 Å². The molecular formula is C11H16ClN3O2. The molecule has 5 nitrogen and oxygen atoms in total. The summed E-state index contributed by atoms with van der Waals surface area (Å²) in [7, 11) is 0. The number of carbonyl (C=O) groups excluding carboxylic acids is 1. The van der Waals surface area contributed by atoms with Gasteiger partial charge >= 0.3 is 0 Å². The highest BCUT2D eigenvalue weighted by atomic mass is 35.5. The van der Waals surface area contributed by atoms with E-state index in [0.29, 0.717) is 0 Å². The first-order valence-corrected chi connectivity index (χ1v) is 5.62. The second kappa shape index (κ2) is 5.42. The van der Waals surface area contributed by atoms with Gasteiger partial charge in [-0.15, -0.1) is 0 Å². The largest absolute Gasteiger partial charge is 0.391 e. The van der Waals surface area contributed by atoms with Gasteiger partial charge in [0.15, 0.2) is 0 Å². The van der Waals surface area contributed by atoms with Crippen LogP contribution in [-0.2, 0) is 0 Å². The summed E-state index contributed by atoms with van der Waals surface area (Å²) < 4.78 is 0. The highest BCUT2D eigenvalue weighted by Crippen LogP contribution is 2.18. The third kappa shape index (κ3) is 3.94. The van der Waals surface area contributed by atoms with E-state index >= 15 is 0 Å². The first-order chi connectivity index (χ1) is 7.82. The molecule has 0 bridgehead atoms. The highest BCUT2D eigenvalue weighted by molar-refractivity contribution is 6.33. The number of rotatable bonds is 3. The number of aromatic nitrogens is 2. The van der Waals surface area contributed by atoms with Gasteiger partial charge in [0, 0.05) is 12.7 Å². The Morgan fingerprint density at radius 2 is 2.24 bits per heavy atom. The predicted molar refractivity (Wildman–Crippen MR) is 64.8 cm³/mol. The van der Waals surface area contributed by atoms with Crippen molar-refractivity contribution in [1.29, 1.82) is 0 Å². The second-order valence-corrected chi connectivity index (χ2v) is 5.22. The molecule has 17 heavy (non-hydrogen) atoms. The number of nitrogens with zero attached hydrogens (tertiary/aromatic N) is 2. The van der Waals surface area contributed by atoms with Gasteiger partial charge in [-0.3, -0.25) is 4.79 Å². The van der Waals surface area contributed by atoms with Crippen molar-refractivity contribution in [1.82, 2.24) is 15.3 Å². The van der Waals surface area contributed by atoms with Crippen molar-refractivity contribution in [3.05, 3.63) is 23.2 Å². The van der Waals surface area contributed by atoms with Crippen LogP contribution in [0.4, 0.5) is 0 Å². The van der Waals surface area contributed by atoms with Gasteiger partial charge in [-0.2, -0.15) is 0 Å². The van der Waals surface area contributed by atoms with Crippen LogP contribution in [0.2, 0.25) is 5.02 Å². The Labute approximate surface area is 105 Å². The standard InChI is InChI=1S/C11H16ClN3O2/c1-11(2,3)8(16)5-14-10(17)9-7(12)4-13-6-15-9/h4,6,8,16H,5H2,1-3H3,(H,14,17). The minimum absolute atomic E-state index is 0.114. The van der Waals surface area contributed by atoms with Crippen LogP contribution in [0.5, 0.6) is 0 Å². The van der Waals surface area contributed by atoms with Crippen LogP contribution >= 0.6 is 11.6 Å². The monoisotopic (exact) mass is 257 g/mol. The second-order valence-electron chi connectivity index (χ2n) is 4.81. The molecule has 0 aliphatic rings. The van der Waals surface area contributed by atoms with Crippen molar-refractivity contribution in [2.75, 3.05) is 6.54 Å². The lowest BCUT2D eigenvalue weighted by molar-refractivity contribution is 0.0585. The number of nitrogens with one attached hydrogen (secondary N) is 1. The number of aliphatic hydroxyl groups is 1. The molecule has 1 aromatic rings. The Kier molecular flexibility index (Phi) is 4.42. The topological polar surface area (TPSA) is 75.1 Å². The molecule has 94 valence electrons. The number of aliphatic hydroxyl groups excluding tert-OH is 1. The summed E-state index contributed by atoms with van der Waals surface area (Å²) in [4.78, 5) is 19.2. The third-order valence-corrected chi connectivity index (χ3v) is 2.61. The molecule has 0 aromatic carbocycles. The lowest BCUT2D eigenvalue weighted by Gasteiger charge is -2.25. The van der Waals surface area contributed by atoms with Gasteiger partial charge < -0.3 is 10.4 Å². The van der Waals surface area contributed by atoms with E-state index in [1.165, 1.54) is 12.5 Å². The first-order valence-electron chi connectivity index (χ1n) is 5.24. The smallest absolute Gasteiger partial charge is 0.271 e. The lowest BCUT2D eigenvalue weighted by atomic mass is 9.89. The molecule has 1 amide bonds. The molecular weight excluding hydrogens is 242 g/mol. The number of halogens is 1. The lowest BCUT2D eigenvalue weighted by Crippen LogP contribution is -2.39. The van der Waals surface area contributed by atoms with Crippen molar-refractivity contribution < 1.29 is 9.90 Å². The average Bonchev–Trinajstić information content (AvgIpc) is 2.24. The zero-order valence-corrected chi connectivity index (χ0v) is 10.8. The van der Waals surface area contributed by atoms with E-state index in [1.54, 1.807) is 0 Å². The third-order valence-electron chi connectivity index (χ3n) is 2.34. The maximum absolute atomic E-state index is 11.7. The highest BCUT2D eigenvalue weighted by Gasteiger charge is 2.23. The van der Waals surface area contributed by atoms with Gasteiger partial charge in [-0.1, -0.05) is 32.4 Å². The van der Waals surface area contributed by atoms with Crippen LogP contribution in [0.3, 0.4) is 0 Å². The van der Waals surface area contributed by atoms with Crippen LogP contribution in [0, 0.1) is 5.41 Å². The maximum atomic E-state index is 11.7. The molecule has 6 heteroatoms. The summed E-state index contributed by atoms with van der Waals surface area (Å²) >= 11 is 5.78.